The van der Waals surface area contributed by atoms with Crippen molar-refractivity contribution in [3.8, 4) is 0 Å². The van der Waals surface area contributed by atoms with Crippen LogP contribution in [-0.2, 0) is 0 Å². The van der Waals surface area contributed by atoms with Crippen molar-refractivity contribution in [1.29, 1.82) is 0 Å². The lowest BCUT2D eigenvalue weighted by atomic mass is 10.1. The van der Waals surface area contributed by atoms with E-state index in [1.54, 1.807) is 6.07 Å². The van der Waals surface area contributed by atoms with Crippen LogP contribution in [0.2, 0.25) is 5.02 Å². The van der Waals surface area contributed by atoms with Crippen molar-refractivity contribution in [2.45, 2.75) is 25.3 Å². The van der Waals surface area contributed by atoms with Crippen molar-refractivity contribution < 1.29 is 4.79 Å². The largest absolute Gasteiger partial charge is 0.346 e. The molecule has 1 saturated carbocycles. The average Bonchev–Trinajstić information content (AvgIpc) is 3.02. The molecule has 2 rings (SSSR count). The molecular weight excluding hydrogens is 289 g/mol. The maximum Gasteiger partial charge on any atom is 0.253 e. The van der Waals surface area contributed by atoms with Crippen LogP contribution in [0.3, 0.4) is 0 Å². The van der Waals surface area contributed by atoms with E-state index in [9.17, 15) is 4.79 Å². The van der Waals surface area contributed by atoms with Crippen LogP contribution in [0.15, 0.2) is 18.2 Å². The lowest BCUT2D eigenvalue weighted by Crippen LogP contribution is -2.38. The molecule has 1 aromatic carbocycles. The van der Waals surface area contributed by atoms with Gasteiger partial charge in [0.05, 0.1) is 16.1 Å². The Labute approximate surface area is 108 Å². The summed E-state index contributed by atoms with van der Waals surface area (Å²) < 4.78 is 0. The zero-order chi connectivity index (χ0) is 11.8. The molecule has 1 aliphatic rings. The quantitative estimate of drug-likeness (QED) is 0.853. The molecule has 1 aliphatic carbocycles. The van der Waals surface area contributed by atoms with Gasteiger partial charge in [-0.25, -0.2) is 0 Å². The molecule has 0 unspecified atom stereocenters. The molecule has 86 valence electrons. The second kappa shape index (κ2) is 4.38. The third-order valence-corrected chi connectivity index (χ3v) is 4.50. The van der Waals surface area contributed by atoms with Gasteiger partial charge >= 0.3 is 0 Å². The Morgan fingerprint density at radius 3 is 2.81 bits per heavy atom. The van der Waals surface area contributed by atoms with Crippen LogP contribution in [0, 0.1) is 6.92 Å². The van der Waals surface area contributed by atoms with Crippen LogP contribution in [0.1, 0.15) is 28.8 Å². The van der Waals surface area contributed by atoms with Gasteiger partial charge in [0.25, 0.3) is 5.91 Å². The number of nitrogens with one attached hydrogen (secondary N) is 1. The zero-order valence-electron chi connectivity index (χ0n) is 9.02. The van der Waals surface area contributed by atoms with Gasteiger partial charge in [-0.15, -0.1) is 0 Å². The predicted octanol–water partition coefficient (Wildman–Crippen LogP) is 3.31. The molecule has 0 spiro atoms. The van der Waals surface area contributed by atoms with E-state index in [2.05, 4.69) is 21.2 Å². The predicted molar refractivity (Wildman–Crippen MR) is 69.4 cm³/mol. The topological polar surface area (TPSA) is 29.1 Å². The van der Waals surface area contributed by atoms with Gasteiger partial charge in [-0.1, -0.05) is 39.7 Å². The maximum atomic E-state index is 12.0. The minimum atomic E-state index is -0.0781. The van der Waals surface area contributed by atoms with E-state index in [4.69, 9.17) is 11.6 Å². The molecule has 16 heavy (non-hydrogen) atoms. The second-order valence-corrected chi connectivity index (χ2v) is 5.24. The van der Waals surface area contributed by atoms with Gasteiger partial charge in [-0.3, -0.25) is 4.79 Å². The van der Waals surface area contributed by atoms with Gasteiger partial charge in [0.15, 0.2) is 0 Å². The zero-order valence-corrected chi connectivity index (χ0v) is 11.4. The monoisotopic (exact) mass is 301 g/mol. The Balaban J connectivity index is 2.18. The molecule has 2 nitrogen and oxygen atoms in total. The number of carbonyl (C=O) groups excluding carboxylic acids is 1. The number of alkyl halides is 1. The molecule has 0 aliphatic heterocycles. The number of benzene rings is 1. The number of rotatable bonds is 3. The van der Waals surface area contributed by atoms with Gasteiger partial charge in [0.2, 0.25) is 0 Å². The van der Waals surface area contributed by atoms with Crippen molar-refractivity contribution in [2.24, 2.45) is 0 Å². The Morgan fingerprint density at radius 1 is 1.56 bits per heavy atom. The lowest BCUT2D eigenvalue weighted by Gasteiger charge is -2.15. The second-order valence-electron chi connectivity index (χ2n) is 4.30. The van der Waals surface area contributed by atoms with E-state index in [0.717, 1.165) is 23.7 Å². The summed E-state index contributed by atoms with van der Waals surface area (Å²) in [5, 5.41) is 4.38. The molecule has 1 aromatic rings. The van der Waals surface area contributed by atoms with Crippen molar-refractivity contribution >= 4 is 33.4 Å². The number of aryl methyl sites for hydroxylation is 1. The molecule has 1 fully saturated rings. The minimum Gasteiger partial charge on any atom is -0.346 e. The molecule has 0 heterocycles. The number of halogens is 2. The smallest absolute Gasteiger partial charge is 0.253 e. The Hall–Kier alpha value is -0.540. The molecule has 0 atom stereocenters. The molecule has 4 heteroatoms. The van der Waals surface area contributed by atoms with Crippen molar-refractivity contribution in [1.82, 2.24) is 5.32 Å². The van der Waals surface area contributed by atoms with Crippen molar-refractivity contribution in [3.63, 3.8) is 0 Å². The summed E-state index contributed by atoms with van der Waals surface area (Å²) in [6, 6.07) is 5.51. The third kappa shape index (κ3) is 2.25. The summed E-state index contributed by atoms with van der Waals surface area (Å²) >= 11 is 9.53. The number of hydrogen-bond acceptors (Lipinski definition) is 1. The SMILES string of the molecule is Cc1cccc(C(=O)NC2(CBr)CC2)c1Cl. The molecular formula is C12H13BrClNO. The molecule has 0 saturated heterocycles. The van der Waals surface area contributed by atoms with E-state index in [1.807, 2.05) is 19.1 Å². The standard InChI is InChI=1S/C12H13BrClNO/c1-8-3-2-4-9(10(8)14)11(16)15-12(7-13)5-6-12/h2-4H,5-7H2,1H3,(H,15,16). The normalized spacial score (nSPS) is 16.9. The molecule has 0 bridgehead atoms. The molecule has 1 N–H and O–H groups in total. The van der Waals surface area contributed by atoms with Crippen LogP contribution < -0.4 is 5.32 Å². The Bertz CT molecular complexity index is 429. The summed E-state index contributed by atoms with van der Waals surface area (Å²) in [7, 11) is 0. The van der Waals surface area contributed by atoms with Gasteiger partial charge < -0.3 is 5.32 Å². The van der Waals surface area contributed by atoms with E-state index in [-0.39, 0.29) is 11.4 Å². The average molecular weight is 303 g/mol. The van der Waals surface area contributed by atoms with E-state index in [1.165, 1.54) is 0 Å². The highest BCUT2D eigenvalue weighted by atomic mass is 79.9. The van der Waals surface area contributed by atoms with E-state index < -0.39 is 0 Å². The number of amides is 1. The number of carbonyl (C=O) groups is 1. The first-order valence-electron chi connectivity index (χ1n) is 5.22. The molecule has 0 radical (unpaired) electrons. The van der Waals surface area contributed by atoms with Gasteiger partial charge in [0.1, 0.15) is 0 Å². The van der Waals surface area contributed by atoms with Gasteiger partial charge in [-0.2, -0.15) is 0 Å². The summed E-state index contributed by atoms with van der Waals surface area (Å²) in [6.07, 6.45) is 2.07. The number of hydrogen-bond donors (Lipinski definition) is 1. The first-order chi connectivity index (χ1) is 7.58. The maximum absolute atomic E-state index is 12.0. The van der Waals surface area contributed by atoms with Crippen LogP contribution in [0.4, 0.5) is 0 Å². The Morgan fingerprint density at radius 2 is 2.25 bits per heavy atom. The molecule has 0 aromatic heterocycles. The van der Waals surface area contributed by atoms with Crippen molar-refractivity contribution in [3.05, 3.63) is 34.3 Å². The summed E-state index contributed by atoms with van der Waals surface area (Å²) in [5.41, 5.74) is 1.45. The minimum absolute atomic E-state index is 0.0375. The Kier molecular flexibility index (Phi) is 3.27. The highest BCUT2D eigenvalue weighted by Gasteiger charge is 2.43. The van der Waals surface area contributed by atoms with Crippen LogP contribution in [0.5, 0.6) is 0 Å². The van der Waals surface area contributed by atoms with Crippen LogP contribution in [-0.4, -0.2) is 16.8 Å². The highest BCUT2D eigenvalue weighted by molar-refractivity contribution is 9.09. The highest BCUT2D eigenvalue weighted by Crippen LogP contribution is 2.37. The van der Waals surface area contributed by atoms with E-state index >= 15 is 0 Å². The summed E-state index contributed by atoms with van der Waals surface area (Å²) in [5.74, 6) is -0.0781. The summed E-state index contributed by atoms with van der Waals surface area (Å²) in [4.78, 5) is 12.0. The van der Waals surface area contributed by atoms with Gasteiger partial charge in [-0.05, 0) is 31.4 Å². The van der Waals surface area contributed by atoms with E-state index in [0.29, 0.717) is 10.6 Å². The molecule has 1 amide bonds. The van der Waals surface area contributed by atoms with Crippen LogP contribution in [0.25, 0.3) is 0 Å². The first-order valence-corrected chi connectivity index (χ1v) is 6.71. The van der Waals surface area contributed by atoms with Crippen molar-refractivity contribution in [2.75, 3.05) is 5.33 Å². The fourth-order valence-corrected chi connectivity index (χ4v) is 2.49. The lowest BCUT2D eigenvalue weighted by molar-refractivity contribution is 0.0936. The van der Waals surface area contributed by atoms with Crippen LogP contribution >= 0.6 is 27.5 Å². The fourth-order valence-electron chi connectivity index (χ4n) is 1.57. The van der Waals surface area contributed by atoms with Gasteiger partial charge in [0, 0.05) is 5.33 Å². The first kappa shape index (κ1) is 11.9. The summed E-state index contributed by atoms with van der Waals surface area (Å²) in [6.45, 7) is 1.90. The fraction of sp³-hybridized carbons (Fsp3) is 0.417. The third-order valence-electron chi connectivity index (χ3n) is 2.92.